The molecule has 4 rings (SSSR count). The van der Waals surface area contributed by atoms with Crippen LogP contribution in [0.15, 0.2) is 24.3 Å². The summed E-state index contributed by atoms with van der Waals surface area (Å²) in [5, 5.41) is 0.109. The second kappa shape index (κ2) is 8.14. The van der Waals surface area contributed by atoms with Gasteiger partial charge in [0, 0.05) is 0 Å². The van der Waals surface area contributed by atoms with Gasteiger partial charge in [-0.1, -0.05) is 6.07 Å². The number of hydrogen-bond acceptors (Lipinski definition) is 6. The molecule has 0 fully saturated rings. The summed E-state index contributed by atoms with van der Waals surface area (Å²) in [5.74, 6) is -6.61. The number of fused-ring (bicyclic) bond motifs is 2. The van der Waals surface area contributed by atoms with Crippen LogP contribution in [-0.2, 0) is 20.9 Å². The highest BCUT2D eigenvalue weighted by Gasteiger charge is 2.38. The molecule has 0 bridgehead atoms. The third-order valence-electron chi connectivity index (χ3n) is 4.55. The fraction of sp³-hybridized carbons (Fsp3) is 0.250. The van der Waals surface area contributed by atoms with Crippen LogP contribution in [-0.4, -0.2) is 29.6 Å². The zero-order valence-corrected chi connectivity index (χ0v) is 16.8. The summed E-state index contributed by atoms with van der Waals surface area (Å²) in [6.07, 6.45) is -1.67. The number of ether oxygens (including phenoxy) is 2. The van der Waals surface area contributed by atoms with Crippen LogP contribution in [0.25, 0.3) is 10.2 Å². The monoisotopic (exact) mass is 454 g/mol. The Kier molecular flexibility index (Phi) is 5.52. The quantitative estimate of drug-likeness (QED) is 0.330. The molecule has 1 aromatic heterocycles. The number of nitrogens with zero attached hydrogens (tertiary/aromatic N) is 2. The molecule has 0 spiro atoms. The number of halogens is 4. The number of aromatic nitrogens is 1. The zero-order valence-electron chi connectivity index (χ0n) is 16.0. The molecule has 1 amide bonds. The van der Waals surface area contributed by atoms with E-state index in [1.165, 1.54) is 12.1 Å². The van der Waals surface area contributed by atoms with E-state index in [-0.39, 0.29) is 34.3 Å². The molecule has 0 aliphatic carbocycles. The standard InChI is InChI=1S/C20H14F4N2O4S/c1-2-29-15(27)7-12-20(28)26(19-9(21)4-3-5-11(19)30-12)8-14-25-18-13(31-14)6-10(22)16(23)17(18)24/h3-6,12H,2,7-8H2,1H3. The lowest BCUT2D eigenvalue weighted by atomic mass is 10.1. The fourth-order valence-electron chi connectivity index (χ4n) is 3.22. The molecule has 1 aliphatic rings. The van der Waals surface area contributed by atoms with Crippen LogP contribution in [0.1, 0.15) is 18.4 Å². The van der Waals surface area contributed by atoms with Gasteiger partial charge in [0.15, 0.2) is 29.4 Å². The maximum absolute atomic E-state index is 14.5. The number of esters is 1. The number of thiazole rings is 1. The topological polar surface area (TPSA) is 68.7 Å². The van der Waals surface area contributed by atoms with E-state index in [1.54, 1.807) is 6.92 Å². The van der Waals surface area contributed by atoms with Crippen molar-refractivity contribution >= 4 is 39.1 Å². The van der Waals surface area contributed by atoms with Gasteiger partial charge >= 0.3 is 5.97 Å². The molecule has 162 valence electrons. The molecular formula is C20H14F4N2O4S. The highest BCUT2D eigenvalue weighted by Crippen LogP contribution is 2.39. The molecule has 0 saturated carbocycles. The summed E-state index contributed by atoms with van der Waals surface area (Å²) in [6.45, 7) is 1.40. The summed E-state index contributed by atoms with van der Waals surface area (Å²) in [7, 11) is 0. The average molecular weight is 454 g/mol. The Morgan fingerprint density at radius 2 is 2.00 bits per heavy atom. The lowest BCUT2D eigenvalue weighted by Gasteiger charge is -2.33. The van der Waals surface area contributed by atoms with Crippen molar-refractivity contribution in [2.45, 2.75) is 26.0 Å². The Morgan fingerprint density at radius 1 is 1.23 bits per heavy atom. The summed E-state index contributed by atoms with van der Waals surface area (Å²) in [6, 6.07) is 4.73. The van der Waals surface area contributed by atoms with Gasteiger partial charge < -0.3 is 9.47 Å². The lowest BCUT2D eigenvalue weighted by molar-refractivity contribution is -0.147. The molecule has 1 unspecified atom stereocenters. The van der Waals surface area contributed by atoms with Gasteiger partial charge in [-0.25, -0.2) is 22.5 Å². The fourth-order valence-corrected chi connectivity index (χ4v) is 4.20. The van der Waals surface area contributed by atoms with Crippen LogP contribution in [0.3, 0.4) is 0 Å². The average Bonchev–Trinajstić information content (AvgIpc) is 3.12. The number of amides is 1. The lowest BCUT2D eigenvalue weighted by Crippen LogP contribution is -2.47. The first-order chi connectivity index (χ1) is 14.8. The van der Waals surface area contributed by atoms with Crippen LogP contribution in [0.4, 0.5) is 23.2 Å². The van der Waals surface area contributed by atoms with Gasteiger partial charge in [0.05, 0.1) is 24.3 Å². The molecular weight excluding hydrogens is 440 g/mol. The van der Waals surface area contributed by atoms with Gasteiger partial charge in [-0.05, 0) is 25.1 Å². The van der Waals surface area contributed by atoms with Crippen LogP contribution >= 0.6 is 11.3 Å². The third-order valence-corrected chi connectivity index (χ3v) is 5.53. The second-order valence-electron chi connectivity index (χ2n) is 6.57. The number of carbonyl (C=O) groups excluding carboxylic acids is 2. The first kappa shape index (κ1) is 21.0. The zero-order chi connectivity index (χ0) is 22.3. The minimum Gasteiger partial charge on any atom is -0.478 e. The van der Waals surface area contributed by atoms with Gasteiger partial charge in [0.25, 0.3) is 5.91 Å². The molecule has 11 heteroatoms. The van der Waals surface area contributed by atoms with Crippen molar-refractivity contribution in [3.8, 4) is 5.75 Å². The maximum atomic E-state index is 14.5. The third kappa shape index (κ3) is 3.80. The van der Waals surface area contributed by atoms with E-state index in [0.717, 1.165) is 28.4 Å². The van der Waals surface area contributed by atoms with Crippen LogP contribution in [0, 0.1) is 23.3 Å². The molecule has 0 N–H and O–H groups in total. The highest BCUT2D eigenvalue weighted by molar-refractivity contribution is 7.18. The van der Waals surface area contributed by atoms with Gasteiger partial charge in [-0.2, -0.15) is 0 Å². The molecule has 1 aliphatic heterocycles. The Balaban J connectivity index is 1.72. The molecule has 6 nitrogen and oxygen atoms in total. The van der Waals surface area contributed by atoms with Crippen molar-refractivity contribution in [2.75, 3.05) is 11.5 Å². The minimum atomic E-state index is -1.65. The van der Waals surface area contributed by atoms with E-state index in [2.05, 4.69) is 4.98 Å². The van der Waals surface area contributed by atoms with Crippen molar-refractivity contribution in [3.05, 3.63) is 52.5 Å². The largest absolute Gasteiger partial charge is 0.478 e. The number of hydrogen-bond donors (Lipinski definition) is 0. The van der Waals surface area contributed by atoms with Crippen molar-refractivity contribution in [1.82, 2.24) is 4.98 Å². The first-order valence-corrected chi connectivity index (χ1v) is 9.96. The van der Waals surface area contributed by atoms with Crippen molar-refractivity contribution in [1.29, 1.82) is 0 Å². The van der Waals surface area contributed by atoms with E-state index in [4.69, 9.17) is 9.47 Å². The predicted octanol–water partition coefficient (Wildman–Crippen LogP) is 4.10. The number of benzene rings is 2. The molecule has 2 heterocycles. The molecule has 0 saturated heterocycles. The summed E-state index contributed by atoms with van der Waals surface area (Å²) >= 11 is 0.827. The van der Waals surface area contributed by atoms with Crippen LogP contribution in [0.5, 0.6) is 5.75 Å². The predicted molar refractivity (Wildman–Crippen MR) is 103 cm³/mol. The Bertz CT molecular complexity index is 1200. The summed E-state index contributed by atoms with van der Waals surface area (Å²) in [5.41, 5.74) is -0.568. The van der Waals surface area contributed by atoms with Crippen LogP contribution in [0.2, 0.25) is 0 Å². The van der Waals surface area contributed by atoms with E-state index < -0.39 is 53.2 Å². The first-order valence-electron chi connectivity index (χ1n) is 9.15. The van der Waals surface area contributed by atoms with Crippen LogP contribution < -0.4 is 9.64 Å². The van der Waals surface area contributed by atoms with Crippen molar-refractivity contribution in [2.24, 2.45) is 0 Å². The smallest absolute Gasteiger partial charge is 0.310 e. The number of rotatable bonds is 5. The van der Waals surface area contributed by atoms with Gasteiger partial charge in [-0.3, -0.25) is 14.5 Å². The summed E-state index contributed by atoms with van der Waals surface area (Å²) in [4.78, 5) is 29.8. The number of carbonyl (C=O) groups is 2. The number of anilines is 1. The Labute approximate surface area is 177 Å². The molecule has 3 aromatic rings. The van der Waals surface area contributed by atoms with E-state index in [9.17, 15) is 27.2 Å². The van der Waals surface area contributed by atoms with Gasteiger partial charge in [0.1, 0.15) is 22.0 Å². The highest BCUT2D eigenvalue weighted by atomic mass is 32.1. The summed E-state index contributed by atoms with van der Waals surface area (Å²) < 4.78 is 66.0. The maximum Gasteiger partial charge on any atom is 0.310 e. The van der Waals surface area contributed by atoms with Crippen molar-refractivity contribution in [3.63, 3.8) is 0 Å². The van der Waals surface area contributed by atoms with E-state index in [0.29, 0.717) is 0 Å². The Hall–Kier alpha value is -3.21. The normalized spacial score (nSPS) is 15.7. The SMILES string of the molecule is CCOC(=O)CC1Oc2cccc(F)c2N(Cc2nc3c(F)c(F)c(F)cc3s2)C1=O. The molecule has 0 radical (unpaired) electrons. The molecule has 31 heavy (non-hydrogen) atoms. The Morgan fingerprint density at radius 3 is 2.74 bits per heavy atom. The van der Waals surface area contributed by atoms with Crippen molar-refractivity contribution < 1.29 is 36.6 Å². The van der Waals surface area contributed by atoms with E-state index >= 15 is 0 Å². The number of para-hydroxylation sites is 1. The molecule has 2 aromatic carbocycles. The minimum absolute atomic E-state index is 0.0262. The van der Waals surface area contributed by atoms with Gasteiger partial charge in [-0.15, -0.1) is 11.3 Å². The van der Waals surface area contributed by atoms with E-state index in [1.807, 2.05) is 0 Å². The molecule has 1 atom stereocenters. The van der Waals surface area contributed by atoms with Gasteiger partial charge in [0.2, 0.25) is 0 Å². The second-order valence-corrected chi connectivity index (χ2v) is 7.68.